The van der Waals surface area contributed by atoms with E-state index in [9.17, 15) is 4.79 Å². The zero-order valence-electron chi connectivity index (χ0n) is 16.2. The van der Waals surface area contributed by atoms with E-state index in [0.717, 1.165) is 38.5 Å². The van der Waals surface area contributed by atoms with Crippen LogP contribution in [0.3, 0.4) is 0 Å². The summed E-state index contributed by atoms with van der Waals surface area (Å²) in [5.74, 6) is 0.467. The number of rotatable bonds is 5. The van der Waals surface area contributed by atoms with Gasteiger partial charge in [-0.2, -0.15) is 0 Å². The molecule has 1 aromatic heterocycles. The first-order valence-electron chi connectivity index (χ1n) is 9.68. The molecular weight excluding hydrogens is 364 g/mol. The number of nitrogens with zero attached hydrogens (tertiary/aromatic N) is 4. The number of hydrogen-bond donors (Lipinski definition) is 2. The molecule has 0 saturated carbocycles. The molecule has 1 amide bonds. The Bertz CT molecular complexity index is 953. The van der Waals surface area contributed by atoms with Gasteiger partial charge in [-0.25, -0.2) is 9.97 Å². The van der Waals surface area contributed by atoms with Crippen LogP contribution in [0, 0.1) is 0 Å². The smallest absolute Gasteiger partial charge is 0.275 e. The minimum Gasteiger partial charge on any atom is -0.397 e. The van der Waals surface area contributed by atoms with Crippen molar-refractivity contribution in [1.82, 2.24) is 14.9 Å². The van der Waals surface area contributed by atoms with Crippen molar-refractivity contribution in [3.05, 3.63) is 78.2 Å². The van der Waals surface area contributed by atoms with Gasteiger partial charge in [-0.05, 0) is 17.7 Å². The first kappa shape index (κ1) is 18.9. The highest BCUT2D eigenvalue weighted by atomic mass is 16.1. The summed E-state index contributed by atoms with van der Waals surface area (Å²) in [5.41, 5.74) is 8.54. The Balaban J connectivity index is 1.33. The van der Waals surface area contributed by atoms with Crippen LogP contribution in [0.25, 0.3) is 0 Å². The Morgan fingerprint density at radius 2 is 1.66 bits per heavy atom. The molecule has 1 aliphatic heterocycles. The highest BCUT2D eigenvalue weighted by Crippen LogP contribution is 2.18. The fraction of sp³-hybridized carbons (Fsp3) is 0.227. The van der Waals surface area contributed by atoms with E-state index in [1.54, 1.807) is 18.3 Å². The van der Waals surface area contributed by atoms with Gasteiger partial charge in [0.1, 0.15) is 11.5 Å². The van der Waals surface area contributed by atoms with E-state index in [-0.39, 0.29) is 11.6 Å². The lowest BCUT2D eigenvalue weighted by Gasteiger charge is -2.35. The average Bonchev–Trinajstić information content (AvgIpc) is 2.77. The number of piperazine rings is 1. The molecule has 7 heteroatoms. The summed E-state index contributed by atoms with van der Waals surface area (Å²) < 4.78 is 0. The Morgan fingerprint density at radius 1 is 0.931 bits per heavy atom. The lowest BCUT2D eigenvalue weighted by Crippen LogP contribution is -2.46. The van der Waals surface area contributed by atoms with Gasteiger partial charge < -0.3 is 16.0 Å². The summed E-state index contributed by atoms with van der Waals surface area (Å²) in [5, 5.41) is 2.77. The molecule has 1 aliphatic rings. The van der Waals surface area contributed by atoms with E-state index >= 15 is 0 Å². The summed E-state index contributed by atoms with van der Waals surface area (Å²) in [7, 11) is 0. The van der Waals surface area contributed by atoms with Crippen molar-refractivity contribution in [3.8, 4) is 0 Å². The number of nitrogens with one attached hydrogen (secondary N) is 1. The second-order valence-electron chi connectivity index (χ2n) is 7.05. The molecule has 0 atom stereocenters. The lowest BCUT2D eigenvalue weighted by molar-refractivity contribution is 0.102. The van der Waals surface area contributed by atoms with Crippen molar-refractivity contribution in [2.45, 2.75) is 6.54 Å². The van der Waals surface area contributed by atoms with Gasteiger partial charge in [0, 0.05) is 32.7 Å². The van der Waals surface area contributed by atoms with Crippen molar-refractivity contribution >= 4 is 23.1 Å². The number of anilines is 3. The molecule has 4 rings (SSSR count). The zero-order valence-corrected chi connectivity index (χ0v) is 16.2. The third kappa shape index (κ3) is 4.70. The van der Waals surface area contributed by atoms with Crippen LogP contribution in [0.2, 0.25) is 0 Å². The van der Waals surface area contributed by atoms with Crippen LogP contribution in [0.15, 0.2) is 67.0 Å². The van der Waals surface area contributed by atoms with Gasteiger partial charge in [-0.3, -0.25) is 9.69 Å². The van der Waals surface area contributed by atoms with Crippen LogP contribution in [0.4, 0.5) is 17.2 Å². The van der Waals surface area contributed by atoms with Crippen LogP contribution in [-0.4, -0.2) is 47.0 Å². The minimum absolute atomic E-state index is 0.264. The van der Waals surface area contributed by atoms with Gasteiger partial charge in [0.15, 0.2) is 0 Å². The number of nitrogens with two attached hydrogens (primary N) is 1. The summed E-state index contributed by atoms with van der Waals surface area (Å²) in [6, 6.07) is 17.6. The molecule has 0 radical (unpaired) electrons. The second-order valence-corrected chi connectivity index (χ2v) is 7.05. The predicted molar refractivity (Wildman–Crippen MR) is 115 cm³/mol. The first-order chi connectivity index (χ1) is 14.2. The topological polar surface area (TPSA) is 87.4 Å². The maximum atomic E-state index is 12.4. The van der Waals surface area contributed by atoms with Crippen molar-refractivity contribution in [1.29, 1.82) is 0 Å². The number of carbonyl (C=O) groups excluding carboxylic acids is 1. The number of hydrogen-bond acceptors (Lipinski definition) is 6. The average molecular weight is 388 g/mol. The molecule has 3 N–H and O–H groups in total. The fourth-order valence-electron chi connectivity index (χ4n) is 3.38. The van der Waals surface area contributed by atoms with E-state index < -0.39 is 0 Å². The molecule has 29 heavy (non-hydrogen) atoms. The van der Waals surface area contributed by atoms with Crippen molar-refractivity contribution in [3.63, 3.8) is 0 Å². The highest BCUT2D eigenvalue weighted by molar-refractivity contribution is 6.04. The first-order valence-corrected chi connectivity index (χ1v) is 9.68. The number of benzene rings is 2. The fourth-order valence-corrected chi connectivity index (χ4v) is 3.38. The Morgan fingerprint density at radius 3 is 2.34 bits per heavy atom. The Kier molecular flexibility index (Phi) is 5.67. The number of nitrogen functional groups attached to an aromatic ring is 1. The van der Waals surface area contributed by atoms with Crippen LogP contribution >= 0.6 is 0 Å². The van der Waals surface area contributed by atoms with Crippen molar-refractivity contribution in [2.24, 2.45) is 0 Å². The predicted octanol–water partition coefficient (Wildman–Crippen LogP) is 2.63. The number of amides is 1. The molecule has 0 aliphatic carbocycles. The number of aromatic nitrogens is 2. The van der Waals surface area contributed by atoms with E-state index in [4.69, 9.17) is 5.73 Å². The lowest BCUT2D eigenvalue weighted by atomic mass is 10.2. The monoisotopic (exact) mass is 388 g/mol. The molecule has 3 aromatic rings. The highest BCUT2D eigenvalue weighted by Gasteiger charge is 2.19. The molecule has 0 spiro atoms. The molecule has 148 valence electrons. The number of para-hydroxylation sites is 2. The van der Waals surface area contributed by atoms with Gasteiger partial charge in [0.25, 0.3) is 5.91 Å². The molecule has 2 heterocycles. The maximum absolute atomic E-state index is 12.4. The third-order valence-electron chi connectivity index (χ3n) is 5.03. The van der Waals surface area contributed by atoms with Gasteiger partial charge in [0.2, 0.25) is 0 Å². The molecule has 2 aromatic carbocycles. The molecule has 7 nitrogen and oxygen atoms in total. The van der Waals surface area contributed by atoms with Crippen molar-refractivity contribution in [2.75, 3.05) is 42.1 Å². The van der Waals surface area contributed by atoms with Crippen LogP contribution in [-0.2, 0) is 6.54 Å². The summed E-state index contributed by atoms with van der Waals surface area (Å²) in [4.78, 5) is 25.8. The van der Waals surface area contributed by atoms with E-state index in [0.29, 0.717) is 11.4 Å². The number of carbonyl (C=O) groups is 1. The van der Waals surface area contributed by atoms with Crippen LogP contribution in [0.1, 0.15) is 16.1 Å². The molecule has 0 unspecified atom stereocenters. The SMILES string of the molecule is Nc1ccccc1NC(=O)c1cnc(N2CCN(Cc3ccccc3)CC2)cn1. The van der Waals surface area contributed by atoms with Gasteiger partial charge >= 0.3 is 0 Å². The normalized spacial score (nSPS) is 14.6. The van der Waals surface area contributed by atoms with E-state index in [1.165, 1.54) is 11.8 Å². The van der Waals surface area contributed by atoms with Crippen molar-refractivity contribution < 1.29 is 4.79 Å². The minimum atomic E-state index is -0.324. The standard InChI is InChI=1S/C22H24N6O/c23-18-8-4-5-9-19(18)26-22(29)20-14-25-21(15-24-20)28-12-10-27(11-13-28)16-17-6-2-1-3-7-17/h1-9,14-15H,10-13,16,23H2,(H,26,29). The summed E-state index contributed by atoms with van der Waals surface area (Å²) in [6.07, 6.45) is 3.18. The molecular formula is C22H24N6O. The summed E-state index contributed by atoms with van der Waals surface area (Å²) >= 11 is 0. The third-order valence-corrected chi connectivity index (χ3v) is 5.03. The second kappa shape index (κ2) is 8.70. The quantitative estimate of drug-likeness (QED) is 0.654. The molecule has 1 fully saturated rings. The van der Waals surface area contributed by atoms with Gasteiger partial charge in [-0.1, -0.05) is 42.5 Å². The van der Waals surface area contributed by atoms with Crippen LogP contribution in [0.5, 0.6) is 0 Å². The van der Waals surface area contributed by atoms with Gasteiger partial charge in [0.05, 0.1) is 23.8 Å². The Labute approximate surface area is 170 Å². The van der Waals surface area contributed by atoms with E-state index in [2.05, 4.69) is 49.4 Å². The van der Waals surface area contributed by atoms with E-state index in [1.807, 2.05) is 18.2 Å². The molecule has 1 saturated heterocycles. The molecule has 0 bridgehead atoms. The maximum Gasteiger partial charge on any atom is 0.275 e. The Hall–Kier alpha value is -3.45. The van der Waals surface area contributed by atoms with Crippen LogP contribution < -0.4 is 16.0 Å². The largest absolute Gasteiger partial charge is 0.397 e. The zero-order chi connectivity index (χ0) is 20.1. The van der Waals surface area contributed by atoms with Gasteiger partial charge in [-0.15, -0.1) is 0 Å². The summed E-state index contributed by atoms with van der Waals surface area (Å²) in [6.45, 7) is 4.65.